The number of imide groups is 1. The first-order valence-corrected chi connectivity index (χ1v) is 5.89. The molecule has 0 unspecified atom stereocenters. The Morgan fingerprint density at radius 2 is 1.87 bits per heavy atom. The van der Waals surface area contributed by atoms with Gasteiger partial charge in [0.15, 0.2) is 0 Å². The highest BCUT2D eigenvalue weighted by Gasteiger charge is 2.27. The normalized spacial score (nSPS) is 16.1. The molecule has 0 saturated carbocycles. The van der Waals surface area contributed by atoms with E-state index in [9.17, 15) is 14.4 Å². The Morgan fingerprint density at radius 1 is 1.27 bits per heavy atom. The van der Waals surface area contributed by atoms with Crippen molar-refractivity contribution in [2.75, 3.05) is 18.1 Å². The summed E-state index contributed by atoms with van der Waals surface area (Å²) in [6.07, 6.45) is 0.754. The number of carboxylic acid groups (broad SMARTS) is 1. The third kappa shape index (κ3) is 3.91. The molecule has 1 heterocycles. The van der Waals surface area contributed by atoms with Crippen LogP contribution in [0, 0.1) is 0 Å². The van der Waals surface area contributed by atoms with Crippen LogP contribution in [0.25, 0.3) is 0 Å². The van der Waals surface area contributed by atoms with Crippen molar-refractivity contribution in [1.29, 1.82) is 0 Å². The maximum absolute atomic E-state index is 11.2. The number of nitrogens with zero attached hydrogens (tertiary/aromatic N) is 1. The van der Waals surface area contributed by atoms with Crippen molar-refractivity contribution in [1.82, 2.24) is 4.90 Å². The molecule has 84 valence electrons. The minimum absolute atomic E-state index is 0.112. The Balaban J connectivity index is 2.12. The summed E-state index contributed by atoms with van der Waals surface area (Å²) >= 11 is 1.45. The zero-order chi connectivity index (χ0) is 11.3. The van der Waals surface area contributed by atoms with E-state index in [2.05, 4.69) is 0 Å². The third-order valence-electron chi connectivity index (χ3n) is 2.07. The zero-order valence-electron chi connectivity index (χ0n) is 8.27. The molecule has 5 nitrogen and oxygen atoms in total. The first kappa shape index (κ1) is 12.0. The quantitative estimate of drug-likeness (QED) is 0.527. The van der Waals surface area contributed by atoms with Crippen LogP contribution >= 0.6 is 11.8 Å². The van der Waals surface area contributed by atoms with Crippen LogP contribution in [0.3, 0.4) is 0 Å². The Labute approximate surface area is 91.8 Å². The van der Waals surface area contributed by atoms with Crippen LogP contribution in [0.15, 0.2) is 0 Å². The van der Waals surface area contributed by atoms with Crippen LogP contribution < -0.4 is 0 Å². The molecular formula is C9H13NO4S. The standard InChI is InChI=1S/C9H13NO4S/c11-7-1-2-8(12)10(7)4-6-15-5-3-9(13)14/h1-6H2,(H,13,14). The smallest absolute Gasteiger partial charge is 0.304 e. The number of carbonyl (C=O) groups excluding carboxylic acids is 2. The van der Waals surface area contributed by atoms with Gasteiger partial charge in [-0.05, 0) is 0 Å². The van der Waals surface area contributed by atoms with E-state index in [1.54, 1.807) is 0 Å². The summed E-state index contributed by atoms with van der Waals surface area (Å²) in [5.74, 6) is 0.0875. The van der Waals surface area contributed by atoms with E-state index in [1.807, 2.05) is 0 Å². The number of aliphatic carboxylic acids is 1. The number of amides is 2. The van der Waals surface area contributed by atoms with E-state index in [-0.39, 0.29) is 18.2 Å². The van der Waals surface area contributed by atoms with Gasteiger partial charge in [0.05, 0.1) is 6.42 Å². The average molecular weight is 231 g/mol. The van der Waals surface area contributed by atoms with E-state index in [0.717, 1.165) is 0 Å². The lowest BCUT2D eigenvalue weighted by Gasteiger charge is -2.12. The van der Waals surface area contributed by atoms with Crippen molar-refractivity contribution in [2.45, 2.75) is 19.3 Å². The first-order chi connectivity index (χ1) is 7.11. The maximum atomic E-state index is 11.2. The van der Waals surface area contributed by atoms with Crippen molar-refractivity contribution in [3.05, 3.63) is 0 Å². The largest absolute Gasteiger partial charge is 0.481 e. The Hall–Kier alpha value is -1.04. The minimum atomic E-state index is -0.823. The molecule has 0 aromatic heterocycles. The molecule has 1 N–H and O–H groups in total. The second-order valence-electron chi connectivity index (χ2n) is 3.20. The molecule has 0 bridgehead atoms. The van der Waals surface area contributed by atoms with Gasteiger partial charge in [-0.25, -0.2) is 0 Å². The van der Waals surface area contributed by atoms with Crippen LogP contribution in [-0.4, -0.2) is 45.8 Å². The van der Waals surface area contributed by atoms with Gasteiger partial charge in [0.25, 0.3) is 0 Å². The summed E-state index contributed by atoms with van der Waals surface area (Å²) in [6, 6.07) is 0. The molecule has 0 spiro atoms. The highest BCUT2D eigenvalue weighted by molar-refractivity contribution is 7.99. The van der Waals surface area contributed by atoms with E-state index in [0.29, 0.717) is 30.9 Å². The average Bonchev–Trinajstić information content (AvgIpc) is 2.47. The van der Waals surface area contributed by atoms with Crippen LogP contribution in [0.2, 0.25) is 0 Å². The summed E-state index contributed by atoms with van der Waals surface area (Å²) in [6.45, 7) is 0.405. The topological polar surface area (TPSA) is 74.7 Å². The molecule has 0 atom stereocenters. The summed E-state index contributed by atoms with van der Waals surface area (Å²) in [5.41, 5.74) is 0. The molecule has 6 heteroatoms. The first-order valence-electron chi connectivity index (χ1n) is 4.74. The third-order valence-corrected chi connectivity index (χ3v) is 3.04. The Kier molecular flexibility index (Phi) is 4.61. The van der Waals surface area contributed by atoms with Gasteiger partial charge in [-0.1, -0.05) is 0 Å². The second-order valence-corrected chi connectivity index (χ2v) is 4.42. The van der Waals surface area contributed by atoms with E-state index in [4.69, 9.17) is 5.11 Å². The molecule has 1 aliphatic rings. The number of rotatable bonds is 6. The number of hydrogen-bond donors (Lipinski definition) is 1. The predicted molar refractivity (Wildman–Crippen MR) is 55.5 cm³/mol. The fourth-order valence-electron chi connectivity index (χ4n) is 1.29. The molecule has 1 fully saturated rings. The molecule has 0 radical (unpaired) electrons. The second kappa shape index (κ2) is 5.75. The fraction of sp³-hybridized carbons (Fsp3) is 0.667. The van der Waals surface area contributed by atoms with Crippen LogP contribution in [0.4, 0.5) is 0 Å². The number of likely N-dealkylation sites (tertiary alicyclic amines) is 1. The van der Waals surface area contributed by atoms with Gasteiger partial charge < -0.3 is 5.11 Å². The van der Waals surface area contributed by atoms with Crippen LogP contribution in [0.5, 0.6) is 0 Å². The number of carbonyl (C=O) groups is 3. The summed E-state index contributed by atoms with van der Waals surface area (Å²) in [4.78, 5) is 33.8. The number of hydrogen-bond acceptors (Lipinski definition) is 4. The van der Waals surface area contributed by atoms with Crippen molar-refractivity contribution in [3.63, 3.8) is 0 Å². The molecular weight excluding hydrogens is 218 g/mol. The lowest BCUT2D eigenvalue weighted by molar-refractivity contribution is -0.138. The number of carboxylic acids is 1. The molecule has 0 aromatic rings. The SMILES string of the molecule is O=C(O)CCSCCN1C(=O)CCC1=O. The van der Waals surface area contributed by atoms with Crippen molar-refractivity contribution in [3.8, 4) is 0 Å². The monoisotopic (exact) mass is 231 g/mol. The van der Waals surface area contributed by atoms with Gasteiger partial charge in [0.1, 0.15) is 0 Å². The lowest BCUT2D eigenvalue weighted by Crippen LogP contribution is -2.31. The summed E-state index contributed by atoms with van der Waals surface area (Å²) < 4.78 is 0. The molecule has 0 aromatic carbocycles. The van der Waals surface area contributed by atoms with Crippen LogP contribution in [0.1, 0.15) is 19.3 Å². The van der Waals surface area contributed by atoms with Crippen LogP contribution in [-0.2, 0) is 14.4 Å². The summed E-state index contributed by atoms with van der Waals surface area (Å²) in [5, 5.41) is 8.38. The minimum Gasteiger partial charge on any atom is -0.481 e. The molecule has 2 amide bonds. The van der Waals surface area contributed by atoms with Crippen molar-refractivity contribution >= 4 is 29.5 Å². The molecule has 0 aliphatic carbocycles. The van der Waals surface area contributed by atoms with E-state index >= 15 is 0 Å². The Bertz CT molecular complexity index is 263. The molecule has 1 saturated heterocycles. The number of thioether (sulfide) groups is 1. The van der Waals surface area contributed by atoms with Gasteiger partial charge in [-0.15, -0.1) is 0 Å². The predicted octanol–water partition coefficient (Wildman–Crippen LogP) is 0.343. The van der Waals surface area contributed by atoms with Gasteiger partial charge >= 0.3 is 5.97 Å². The highest BCUT2D eigenvalue weighted by Crippen LogP contribution is 2.13. The highest BCUT2D eigenvalue weighted by atomic mass is 32.2. The molecule has 15 heavy (non-hydrogen) atoms. The van der Waals surface area contributed by atoms with E-state index < -0.39 is 5.97 Å². The lowest BCUT2D eigenvalue weighted by atomic mass is 10.4. The van der Waals surface area contributed by atoms with Crippen molar-refractivity contribution < 1.29 is 19.5 Å². The fourth-order valence-corrected chi connectivity index (χ4v) is 2.12. The molecule has 1 aliphatic heterocycles. The van der Waals surface area contributed by atoms with E-state index in [1.165, 1.54) is 16.7 Å². The maximum Gasteiger partial charge on any atom is 0.304 e. The Morgan fingerprint density at radius 3 is 2.40 bits per heavy atom. The summed E-state index contributed by atoms with van der Waals surface area (Å²) in [7, 11) is 0. The van der Waals surface area contributed by atoms with Gasteiger partial charge in [0.2, 0.25) is 11.8 Å². The zero-order valence-corrected chi connectivity index (χ0v) is 9.09. The van der Waals surface area contributed by atoms with Gasteiger partial charge in [-0.2, -0.15) is 11.8 Å². The van der Waals surface area contributed by atoms with Crippen molar-refractivity contribution in [2.24, 2.45) is 0 Å². The molecule has 1 rings (SSSR count). The van der Waals surface area contributed by atoms with Gasteiger partial charge in [-0.3, -0.25) is 19.3 Å². The van der Waals surface area contributed by atoms with Gasteiger partial charge in [0, 0.05) is 30.9 Å².